The third kappa shape index (κ3) is 3.81. The highest BCUT2D eigenvalue weighted by Crippen LogP contribution is 2.16. The summed E-state index contributed by atoms with van der Waals surface area (Å²) in [6, 6.07) is 3.18. The van der Waals surface area contributed by atoms with E-state index < -0.39 is 10.0 Å². The molecule has 0 aromatic carbocycles. The Balaban J connectivity index is 2.23. The summed E-state index contributed by atoms with van der Waals surface area (Å²) >= 11 is 0. The molecule has 2 rings (SSSR count). The molecule has 7 nitrogen and oxygen atoms in total. The molecule has 110 valence electrons. The summed E-state index contributed by atoms with van der Waals surface area (Å²) < 4.78 is 26.7. The smallest absolute Gasteiger partial charge is 0.266 e. The van der Waals surface area contributed by atoms with Gasteiger partial charge in [0, 0.05) is 18.2 Å². The Hall–Kier alpha value is -2.37. The van der Waals surface area contributed by atoms with Crippen molar-refractivity contribution >= 4 is 15.8 Å². The minimum absolute atomic E-state index is 0.0165. The van der Waals surface area contributed by atoms with Gasteiger partial charge in [-0.3, -0.25) is 9.82 Å². The van der Waals surface area contributed by atoms with Crippen LogP contribution in [0.2, 0.25) is 0 Å². The van der Waals surface area contributed by atoms with Crippen molar-refractivity contribution in [2.24, 2.45) is 0 Å². The fourth-order valence-corrected chi connectivity index (χ4v) is 2.72. The number of aryl methyl sites for hydroxylation is 1. The van der Waals surface area contributed by atoms with Crippen LogP contribution in [0.15, 0.2) is 29.4 Å². The maximum atomic E-state index is 12.2. The summed E-state index contributed by atoms with van der Waals surface area (Å²) in [7, 11) is -3.74. The number of hydrogen-bond donors (Lipinski definition) is 3. The molecule has 0 spiro atoms. The maximum Gasteiger partial charge on any atom is 0.266 e. The van der Waals surface area contributed by atoms with Gasteiger partial charge in [0.15, 0.2) is 0 Å². The fraction of sp³-hybridized carbons (Fsp3) is 0.231. The molecule has 3 N–H and O–H groups in total. The van der Waals surface area contributed by atoms with E-state index in [0.29, 0.717) is 17.7 Å². The fourth-order valence-electron chi connectivity index (χ4n) is 1.59. The first-order valence-electron chi connectivity index (χ1n) is 6.11. The van der Waals surface area contributed by atoms with E-state index in [1.807, 2.05) is 0 Å². The molecule has 0 amide bonds. The van der Waals surface area contributed by atoms with Crippen LogP contribution >= 0.6 is 0 Å². The number of aromatic nitrogens is 3. The second kappa shape index (κ2) is 6.39. The van der Waals surface area contributed by atoms with Crippen molar-refractivity contribution < 1.29 is 13.5 Å². The molecule has 0 aliphatic carbocycles. The predicted molar refractivity (Wildman–Crippen MR) is 77.0 cm³/mol. The van der Waals surface area contributed by atoms with Crippen molar-refractivity contribution in [2.75, 3.05) is 11.3 Å². The number of rotatable bonds is 4. The lowest BCUT2D eigenvalue weighted by Gasteiger charge is -2.06. The Morgan fingerprint density at radius 1 is 1.48 bits per heavy atom. The van der Waals surface area contributed by atoms with E-state index in [9.17, 15) is 8.42 Å². The van der Waals surface area contributed by atoms with Gasteiger partial charge < -0.3 is 5.11 Å². The molecular formula is C13H14N4O3S. The van der Waals surface area contributed by atoms with E-state index in [4.69, 9.17) is 5.11 Å². The first-order valence-corrected chi connectivity index (χ1v) is 7.60. The number of nitrogens with zero attached hydrogens (tertiary/aromatic N) is 2. The first-order chi connectivity index (χ1) is 10.0. The molecule has 2 aromatic heterocycles. The maximum absolute atomic E-state index is 12.2. The molecule has 0 radical (unpaired) electrons. The van der Waals surface area contributed by atoms with Gasteiger partial charge in [-0.2, -0.15) is 5.10 Å². The van der Waals surface area contributed by atoms with Crippen LogP contribution in [0.25, 0.3) is 0 Å². The molecule has 0 aliphatic heterocycles. The topological polar surface area (TPSA) is 108 Å². The van der Waals surface area contributed by atoms with Crippen LogP contribution in [0.4, 0.5) is 5.82 Å². The summed E-state index contributed by atoms with van der Waals surface area (Å²) in [5, 5.41) is 14.9. The quantitative estimate of drug-likeness (QED) is 0.719. The zero-order valence-electron chi connectivity index (χ0n) is 11.3. The molecular weight excluding hydrogens is 292 g/mol. The number of H-pyrrole nitrogens is 1. The summed E-state index contributed by atoms with van der Waals surface area (Å²) in [5.41, 5.74) is 1.06. The zero-order valence-corrected chi connectivity index (χ0v) is 12.1. The van der Waals surface area contributed by atoms with Gasteiger partial charge >= 0.3 is 0 Å². The second-order valence-electron chi connectivity index (χ2n) is 4.17. The second-order valence-corrected chi connectivity index (χ2v) is 5.82. The number of pyridine rings is 1. The molecule has 0 fully saturated rings. The van der Waals surface area contributed by atoms with Crippen LogP contribution in [-0.2, 0) is 10.0 Å². The van der Waals surface area contributed by atoms with Crippen LogP contribution in [0.1, 0.15) is 17.7 Å². The number of hydrogen-bond acceptors (Lipinski definition) is 5. The number of aliphatic hydroxyl groups is 1. The summed E-state index contributed by atoms with van der Waals surface area (Å²) in [4.78, 5) is 4.02. The van der Waals surface area contributed by atoms with Gasteiger partial charge in [0.25, 0.3) is 10.0 Å². The van der Waals surface area contributed by atoms with Gasteiger partial charge in [-0.05, 0) is 19.1 Å². The minimum atomic E-state index is -3.74. The van der Waals surface area contributed by atoms with E-state index in [1.165, 1.54) is 18.5 Å². The van der Waals surface area contributed by atoms with Crippen LogP contribution in [-0.4, -0.2) is 35.3 Å². The lowest BCUT2D eigenvalue weighted by Crippen LogP contribution is -2.14. The van der Waals surface area contributed by atoms with Gasteiger partial charge in [-0.15, -0.1) is 0 Å². The van der Waals surface area contributed by atoms with E-state index >= 15 is 0 Å². The highest BCUT2D eigenvalue weighted by molar-refractivity contribution is 7.92. The van der Waals surface area contributed by atoms with Gasteiger partial charge in [0.1, 0.15) is 10.7 Å². The van der Waals surface area contributed by atoms with Crippen molar-refractivity contribution in [3.63, 3.8) is 0 Å². The number of aromatic amines is 1. The first kappa shape index (κ1) is 15.0. The van der Waals surface area contributed by atoms with E-state index in [0.717, 1.165) is 0 Å². The normalized spacial score (nSPS) is 10.8. The number of nitrogens with one attached hydrogen (secondary N) is 2. The Morgan fingerprint density at radius 3 is 2.95 bits per heavy atom. The third-order valence-electron chi connectivity index (χ3n) is 2.54. The van der Waals surface area contributed by atoms with Crippen molar-refractivity contribution in [3.05, 3.63) is 35.8 Å². The Labute approximate surface area is 122 Å². The average Bonchev–Trinajstić information content (AvgIpc) is 2.86. The Morgan fingerprint density at radius 2 is 2.29 bits per heavy atom. The number of sulfonamides is 1. The van der Waals surface area contributed by atoms with Gasteiger partial charge in [0.05, 0.1) is 18.5 Å². The van der Waals surface area contributed by atoms with E-state index in [2.05, 4.69) is 31.7 Å². The van der Waals surface area contributed by atoms with E-state index in [1.54, 1.807) is 13.0 Å². The zero-order chi connectivity index (χ0) is 15.3. The lowest BCUT2D eigenvalue weighted by molar-refractivity contribution is 0.305. The van der Waals surface area contributed by atoms with Gasteiger partial charge in [-0.25, -0.2) is 13.4 Å². The van der Waals surface area contributed by atoms with Crippen LogP contribution in [0, 0.1) is 18.8 Å². The molecule has 8 heteroatoms. The molecule has 0 unspecified atom stereocenters. The minimum Gasteiger partial charge on any atom is -0.395 e. The number of aliphatic hydroxyl groups excluding tert-OH is 1. The summed E-state index contributed by atoms with van der Waals surface area (Å²) in [5.74, 6) is 5.75. The Kier molecular flexibility index (Phi) is 4.57. The highest BCUT2D eigenvalue weighted by Gasteiger charge is 2.19. The lowest BCUT2D eigenvalue weighted by atomic mass is 10.2. The summed E-state index contributed by atoms with van der Waals surface area (Å²) in [6.45, 7) is 1.60. The molecule has 0 atom stereocenters. The standard InChI is InChI=1S/C13H14N4O3S/c1-10-12(9-15-16-10)21(19,20)17-13-8-11(5-6-14-13)4-2-3-7-18/h5-6,8-9,18H,3,7H2,1H3,(H,14,17)(H,15,16). The number of anilines is 1. The van der Waals surface area contributed by atoms with Gasteiger partial charge in [-0.1, -0.05) is 11.8 Å². The molecule has 0 aliphatic rings. The highest BCUT2D eigenvalue weighted by atomic mass is 32.2. The molecule has 2 heterocycles. The SMILES string of the molecule is Cc1[nH]ncc1S(=O)(=O)Nc1cc(C#CCCO)ccn1. The van der Waals surface area contributed by atoms with Crippen LogP contribution in [0.3, 0.4) is 0 Å². The van der Waals surface area contributed by atoms with Crippen molar-refractivity contribution in [1.29, 1.82) is 0 Å². The monoisotopic (exact) mass is 306 g/mol. The molecule has 21 heavy (non-hydrogen) atoms. The van der Waals surface area contributed by atoms with Crippen molar-refractivity contribution in [2.45, 2.75) is 18.2 Å². The van der Waals surface area contributed by atoms with Crippen LogP contribution < -0.4 is 4.72 Å². The molecule has 0 bridgehead atoms. The van der Waals surface area contributed by atoms with Gasteiger partial charge in [0.2, 0.25) is 0 Å². The van der Waals surface area contributed by atoms with Crippen LogP contribution in [0.5, 0.6) is 0 Å². The molecule has 0 saturated heterocycles. The predicted octanol–water partition coefficient (Wildman–Crippen LogP) is 0.648. The molecule has 0 saturated carbocycles. The van der Waals surface area contributed by atoms with Crippen molar-refractivity contribution in [3.8, 4) is 11.8 Å². The largest absolute Gasteiger partial charge is 0.395 e. The average molecular weight is 306 g/mol. The molecule has 2 aromatic rings. The van der Waals surface area contributed by atoms with Crippen molar-refractivity contribution in [1.82, 2.24) is 15.2 Å². The Bertz CT molecular complexity index is 787. The van der Waals surface area contributed by atoms with E-state index in [-0.39, 0.29) is 17.3 Å². The third-order valence-corrected chi connectivity index (χ3v) is 4.01. The summed E-state index contributed by atoms with van der Waals surface area (Å²) in [6.07, 6.45) is 3.06.